The van der Waals surface area contributed by atoms with Gasteiger partial charge >= 0.3 is 0 Å². The van der Waals surface area contributed by atoms with Gasteiger partial charge in [-0.15, -0.1) is 0 Å². The number of nitrogens with zero attached hydrogens (tertiary/aromatic N) is 2. The van der Waals surface area contributed by atoms with Gasteiger partial charge < -0.3 is 4.74 Å². The third kappa shape index (κ3) is 4.16. The van der Waals surface area contributed by atoms with Crippen LogP contribution in [0.3, 0.4) is 0 Å². The highest BCUT2D eigenvalue weighted by atomic mass is 79.9. The van der Waals surface area contributed by atoms with Gasteiger partial charge in [-0.05, 0) is 23.7 Å². The number of hydrogen-bond acceptors (Lipinski definition) is 2. The summed E-state index contributed by atoms with van der Waals surface area (Å²) in [4.78, 5) is 0. The molecule has 0 spiro atoms. The van der Waals surface area contributed by atoms with E-state index in [2.05, 4.69) is 68.7 Å². The molecule has 0 saturated carbocycles. The van der Waals surface area contributed by atoms with E-state index in [1.165, 1.54) is 11.6 Å². The zero-order valence-electron chi connectivity index (χ0n) is 12.1. The normalized spacial score (nSPS) is 12.2. The zero-order valence-corrected chi connectivity index (χ0v) is 16.3. The molecule has 0 aliphatic rings. The Kier molecular flexibility index (Phi) is 5.45. The van der Waals surface area contributed by atoms with Gasteiger partial charge in [-0.25, -0.2) is 4.68 Å². The van der Waals surface area contributed by atoms with Crippen LogP contribution in [0.2, 0.25) is 25.7 Å². The van der Waals surface area contributed by atoms with Crippen molar-refractivity contribution in [2.24, 2.45) is 0 Å². The molecule has 2 rings (SSSR count). The van der Waals surface area contributed by atoms with Crippen LogP contribution in [-0.2, 0) is 16.8 Å². The van der Waals surface area contributed by atoms with E-state index in [9.17, 15) is 0 Å². The SMILES string of the molecule is C[Si](C)(C)CCOCn1ncc2cc(Br)c(CBr)cc21. The summed E-state index contributed by atoms with van der Waals surface area (Å²) in [7, 11) is -1.02. The lowest BCUT2D eigenvalue weighted by Crippen LogP contribution is -2.22. The molecule has 0 N–H and O–H groups in total. The summed E-state index contributed by atoms with van der Waals surface area (Å²) in [6.45, 7) is 8.43. The Morgan fingerprint density at radius 1 is 1.30 bits per heavy atom. The highest BCUT2D eigenvalue weighted by molar-refractivity contribution is 9.10. The molecule has 0 amide bonds. The molecule has 6 heteroatoms. The Labute approximate surface area is 138 Å². The Morgan fingerprint density at radius 2 is 2.05 bits per heavy atom. The van der Waals surface area contributed by atoms with Crippen LogP contribution in [0.4, 0.5) is 0 Å². The fourth-order valence-corrected chi connectivity index (χ4v) is 3.97. The van der Waals surface area contributed by atoms with E-state index in [1.54, 1.807) is 0 Å². The van der Waals surface area contributed by atoms with Gasteiger partial charge in [-0.2, -0.15) is 5.10 Å². The molecular formula is C14H20Br2N2OSi. The van der Waals surface area contributed by atoms with Crippen molar-refractivity contribution in [3.05, 3.63) is 28.4 Å². The number of ether oxygens (including phenoxy) is 1. The van der Waals surface area contributed by atoms with Gasteiger partial charge in [0, 0.05) is 29.9 Å². The number of fused-ring (bicyclic) bond motifs is 1. The smallest absolute Gasteiger partial charge is 0.139 e. The second kappa shape index (κ2) is 6.73. The summed E-state index contributed by atoms with van der Waals surface area (Å²) in [5.74, 6) is 0. The zero-order chi connectivity index (χ0) is 14.8. The maximum Gasteiger partial charge on any atom is 0.139 e. The van der Waals surface area contributed by atoms with Gasteiger partial charge in [0.2, 0.25) is 0 Å². The minimum Gasteiger partial charge on any atom is -0.360 e. The molecule has 0 aliphatic heterocycles. The highest BCUT2D eigenvalue weighted by Crippen LogP contribution is 2.26. The van der Waals surface area contributed by atoms with Crippen LogP contribution in [0.1, 0.15) is 5.56 Å². The van der Waals surface area contributed by atoms with Crippen molar-refractivity contribution in [2.45, 2.75) is 37.7 Å². The van der Waals surface area contributed by atoms with Gasteiger partial charge in [-0.1, -0.05) is 51.5 Å². The van der Waals surface area contributed by atoms with Crippen LogP contribution in [0.25, 0.3) is 10.9 Å². The van der Waals surface area contributed by atoms with Crippen molar-refractivity contribution < 1.29 is 4.74 Å². The fourth-order valence-electron chi connectivity index (χ4n) is 1.88. The summed E-state index contributed by atoms with van der Waals surface area (Å²) in [5, 5.41) is 6.37. The van der Waals surface area contributed by atoms with Gasteiger partial charge in [0.05, 0.1) is 11.7 Å². The van der Waals surface area contributed by atoms with Crippen molar-refractivity contribution in [2.75, 3.05) is 6.61 Å². The third-order valence-corrected chi connectivity index (χ3v) is 6.21. The van der Waals surface area contributed by atoms with E-state index in [1.807, 2.05) is 10.9 Å². The second-order valence-corrected chi connectivity index (χ2v) is 13.2. The maximum atomic E-state index is 5.78. The van der Waals surface area contributed by atoms with Gasteiger partial charge in [0.1, 0.15) is 6.73 Å². The standard InChI is InChI=1S/C14H20Br2N2OSi/c1-20(2,3)5-4-19-10-18-14-7-11(8-15)13(16)6-12(14)9-17-18/h6-7,9H,4-5,8,10H2,1-3H3. The van der Waals surface area contributed by atoms with Crippen molar-refractivity contribution >= 4 is 50.8 Å². The van der Waals surface area contributed by atoms with Crippen molar-refractivity contribution in [3.8, 4) is 0 Å². The first-order valence-corrected chi connectivity index (χ1v) is 12.3. The minimum absolute atomic E-state index is 0.525. The lowest BCUT2D eigenvalue weighted by atomic mass is 10.2. The van der Waals surface area contributed by atoms with Gasteiger partial charge in [0.25, 0.3) is 0 Å². The first-order valence-electron chi connectivity index (χ1n) is 6.68. The molecule has 3 nitrogen and oxygen atoms in total. The van der Waals surface area contributed by atoms with Crippen LogP contribution >= 0.6 is 31.9 Å². The second-order valence-electron chi connectivity index (χ2n) is 6.13. The molecule has 0 unspecified atom stereocenters. The summed E-state index contributed by atoms with van der Waals surface area (Å²) >= 11 is 7.09. The number of benzene rings is 1. The van der Waals surface area contributed by atoms with Crippen LogP contribution in [-0.4, -0.2) is 24.5 Å². The Bertz CT molecular complexity index is 593. The highest BCUT2D eigenvalue weighted by Gasteiger charge is 2.12. The molecule has 0 fully saturated rings. The molecule has 1 aromatic carbocycles. The molecule has 0 saturated heterocycles. The summed E-state index contributed by atoms with van der Waals surface area (Å²) in [6.07, 6.45) is 1.89. The first kappa shape index (κ1) is 16.2. The molecular weight excluding hydrogens is 400 g/mol. The number of aromatic nitrogens is 2. The van der Waals surface area contributed by atoms with Crippen LogP contribution < -0.4 is 0 Å². The fraction of sp³-hybridized carbons (Fsp3) is 0.500. The number of alkyl halides is 1. The van der Waals surface area contributed by atoms with Crippen LogP contribution in [0, 0.1) is 0 Å². The van der Waals surface area contributed by atoms with E-state index in [0.717, 1.165) is 27.3 Å². The topological polar surface area (TPSA) is 27.1 Å². The number of hydrogen-bond donors (Lipinski definition) is 0. The number of halogens is 2. The lowest BCUT2D eigenvalue weighted by molar-refractivity contribution is 0.0817. The maximum absolute atomic E-state index is 5.78. The first-order chi connectivity index (χ1) is 9.40. The quantitative estimate of drug-likeness (QED) is 0.374. The van der Waals surface area contributed by atoms with Gasteiger partial charge in [0.15, 0.2) is 0 Å². The Balaban J connectivity index is 2.07. The molecule has 0 atom stereocenters. The third-order valence-electron chi connectivity index (χ3n) is 3.16. The molecule has 0 bridgehead atoms. The van der Waals surface area contributed by atoms with Crippen molar-refractivity contribution in [1.29, 1.82) is 0 Å². The minimum atomic E-state index is -1.02. The summed E-state index contributed by atoms with van der Waals surface area (Å²) in [5.41, 5.74) is 2.34. The van der Waals surface area contributed by atoms with E-state index in [-0.39, 0.29) is 0 Å². The van der Waals surface area contributed by atoms with E-state index < -0.39 is 8.07 Å². The predicted octanol–water partition coefficient (Wildman–Crippen LogP) is 5.01. The number of rotatable bonds is 6. The molecule has 20 heavy (non-hydrogen) atoms. The van der Waals surface area contributed by atoms with Gasteiger partial charge in [-0.3, -0.25) is 0 Å². The van der Waals surface area contributed by atoms with E-state index in [4.69, 9.17) is 4.74 Å². The summed E-state index contributed by atoms with van der Waals surface area (Å²) in [6, 6.07) is 5.45. The molecule has 110 valence electrons. The average Bonchev–Trinajstić information content (AvgIpc) is 2.74. The molecule has 1 aromatic heterocycles. The predicted molar refractivity (Wildman–Crippen MR) is 94.2 cm³/mol. The molecule has 0 aliphatic carbocycles. The summed E-state index contributed by atoms with van der Waals surface area (Å²) < 4.78 is 8.82. The van der Waals surface area contributed by atoms with Crippen molar-refractivity contribution in [1.82, 2.24) is 9.78 Å². The Hall–Kier alpha value is -0.173. The van der Waals surface area contributed by atoms with E-state index >= 15 is 0 Å². The molecule has 1 heterocycles. The van der Waals surface area contributed by atoms with Crippen LogP contribution in [0.15, 0.2) is 22.8 Å². The molecule has 0 radical (unpaired) electrons. The lowest BCUT2D eigenvalue weighted by Gasteiger charge is -2.15. The molecule has 2 aromatic rings. The monoisotopic (exact) mass is 418 g/mol. The largest absolute Gasteiger partial charge is 0.360 e. The van der Waals surface area contributed by atoms with Crippen molar-refractivity contribution in [3.63, 3.8) is 0 Å². The average molecular weight is 420 g/mol. The van der Waals surface area contributed by atoms with E-state index in [0.29, 0.717) is 6.73 Å². The van der Waals surface area contributed by atoms with Crippen LogP contribution in [0.5, 0.6) is 0 Å². The Morgan fingerprint density at radius 3 is 2.70 bits per heavy atom.